The van der Waals surface area contributed by atoms with Crippen LogP contribution in [-0.4, -0.2) is 20.2 Å². The Morgan fingerprint density at radius 3 is 2.35 bits per heavy atom. The number of nitrogens with zero attached hydrogens (tertiary/aromatic N) is 4. The molecule has 3 aromatic carbocycles. The van der Waals surface area contributed by atoms with Crippen LogP contribution in [-0.2, 0) is 25.8 Å². The topological polar surface area (TPSA) is 77.6 Å². The molecule has 0 fully saturated rings. The van der Waals surface area contributed by atoms with E-state index in [0.717, 1.165) is 53.3 Å². The van der Waals surface area contributed by atoms with Crippen molar-refractivity contribution in [1.29, 1.82) is 0 Å². The van der Waals surface area contributed by atoms with E-state index < -0.39 is 0 Å². The van der Waals surface area contributed by atoms with Crippen molar-refractivity contribution < 1.29 is 0 Å². The molecule has 5 heteroatoms. The van der Waals surface area contributed by atoms with Gasteiger partial charge in [0.2, 0.25) is 0 Å². The molecule has 2 N–H and O–H groups in total. The number of nitrogens with two attached hydrogens (primary N) is 1. The molecule has 1 unspecified atom stereocenters. The van der Waals surface area contributed by atoms with Crippen molar-refractivity contribution in [2.24, 2.45) is 5.73 Å². The highest BCUT2D eigenvalue weighted by Gasteiger charge is 2.26. The van der Waals surface area contributed by atoms with E-state index in [9.17, 15) is 0 Å². The normalized spacial score (nSPS) is 14.8. The lowest BCUT2D eigenvalue weighted by Crippen LogP contribution is -2.15. The largest absolute Gasteiger partial charge is 0.326 e. The van der Waals surface area contributed by atoms with Crippen LogP contribution in [0.15, 0.2) is 97.2 Å². The average Bonchev–Trinajstić information content (AvgIpc) is 3.00. The Labute approximate surface area is 235 Å². The second-order valence-electron chi connectivity index (χ2n) is 10.4. The van der Waals surface area contributed by atoms with Crippen molar-refractivity contribution in [1.82, 2.24) is 20.2 Å². The summed E-state index contributed by atoms with van der Waals surface area (Å²) >= 11 is 0. The minimum atomic E-state index is 0.167. The van der Waals surface area contributed by atoms with E-state index in [2.05, 4.69) is 72.6 Å². The highest BCUT2D eigenvalue weighted by molar-refractivity contribution is 5.75. The first-order valence-corrected chi connectivity index (χ1v) is 13.9. The van der Waals surface area contributed by atoms with Crippen molar-refractivity contribution >= 4 is 0 Å². The molecule has 0 aliphatic heterocycles. The molecule has 5 aromatic rings. The predicted octanol–water partition coefficient (Wildman–Crippen LogP) is 6.71. The first kappa shape index (κ1) is 25.8. The lowest BCUT2D eigenvalue weighted by molar-refractivity contribution is 0.815. The first-order valence-electron chi connectivity index (χ1n) is 13.9. The maximum absolute atomic E-state index is 5.51. The Kier molecular flexibility index (Phi) is 7.30. The number of hydrogen-bond acceptors (Lipinski definition) is 5. The van der Waals surface area contributed by atoms with E-state index in [0.29, 0.717) is 6.54 Å². The van der Waals surface area contributed by atoms with E-state index in [-0.39, 0.29) is 5.92 Å². The summed E-state index contributed by atoms with van der Waals surface area (Å²) in [5, 5.41) is 7.85. The molecule has 2 aliphatic carbocycles. The van der Waals surface area contributed by atoms with Crippen molar-refractivity contribution in [3.05, 3.63) is 142 Å². The van der Waals surface area contributed by atoms with Crippen LogP contribution in [0.3, 0.4) is 0 Å². The van der Waals surface area contributed by atoms with Gasteiger partial charge in [-0.25, -0.2) is 9.97 Å². The van der Waals surface area contributed by atoms with Gasteiger partial charge in [-0.15, -0.1) is 0 Å². The van der Waals surface area contributed by atoms with Crippen LogP contribution in [0.5, 0.6) is 0 Å². The fourth-order valence-electron chi connectivity index (χ4n) is 5.85. The second kappa shape index (κ2) is 11.3. The minimum Gasteiger partial charge on any atom is -0.326 e. The highest BCUT2D eigenvalue weighted by atomic mass is 15.1. The van der Waals surface area contributed by atoms with Gasteiger partial charge in [0.05, 0.1) is 11.6 Å². The molecule has 2 aliphatic rings. The van der Waals surface area contributed by atoms with E-state index >= 15 is 0 Å². The summed E-state index contributed by atoms with van der Waals surface area (Å²) in [6.07, 6.45) is 9.52. The smallest absolute Gasteiger partial charge is 0.140 e. The van der Waals surface area contributed by atoms with E-state index in [1.165, 1.54) is 33.4 Å². The van der Waals surface area contributed by atoms with E-state index in [1.807, 2.05) is 42.5 Å². The summed E-state index contributed by atoms with van der Waals surface area (Å²) in [5.41, 5.74) is 19.4. The quantitative estimate of drug-likeness (QED) is 0.266. The summed E-state index contributed by atoms with van der Waals surface area (Å²) in [6.45, 7) is 4.67. The molecule has 198 valence electrons. The van der Waals surface area contributed by atoms with E-state index in [4.69, 9.17) is 15.7 Å². The van der Waals surface area contributed by atoms with Gasteiger partial charge in [0, 0.05) is 29.7 Å². The number of hydrogen-bond donors (Lipinski definition) is 1. The van der Waals surface area contributed by atoms with Crippen LogP contribution < -0.4 is 5.73 Å². The van der Waals surface area contributed by atoms with Gasteiger partial charge in [0.25, 0.3) is 0 Å². The van der Waals surface area contributed by atoms with Crippen molar-refractivity contribution in [2.45, 2.75) is 45.6 Å². The Morgan fingerprint density at radius 2 is 1.60 bits per heavy atom. The molecule has 0 amide bonds. The molecular weight excluding hydrogens is 490 g/mol. The van der Waals surface area contributed by atoms with Gasteiger partial charge < -0.3 is 5.73 Å². The number of aryl methyl sites for hydroxylation is 3. The third-order valence-electron chi connectivity index (χ3n) is 7.74. The fourth-order valence-corrected chi connectivity index (χ4v) is 5.85. The molecular formula is C35H33N5. The van der Waals surface area contributed by atoms with Gasteiger partial charge in [0.1, 0.15) is 5.82 Å². The number of rotatable bonds is 3. The van der Waals surface area contributed by atoms with Crippen molar-refractivity contribution in [2.75, 3.05) is 0 Å². The number of allylic oxidation sites excluding steroid dienone is 2. The second-order valence-corrected chi connectivity index (χ2v) is 10.4. The molecule has 0 bridgehead atoms. The van der Waals surface area contributed by atoms with Gasteiger partial charge in [0.15, 0.2) is 0 Å². The monoisotopic (exact) mass is 523 g/mol. The van der Waals surface area contributed by atoms with E-state index in [1.54, 1.807) is 6.20 Å². The van der Waals surface area contributed by atoms with Gasteiger partial charge in [-0.05, 0) is 90.3 Å². The van der Waals surface area contributed by atoms with Crippen molar-refractivity contribution in [3.63, 3.8) is 0 Å². The van der Waals surface area contributed by atoms with Crippen LogP contribution in [0, 0.1) is 13.8 Å². The van der Waals surface area contributed by atoms with Gasteiger partial charge in [-0.1, -0.05) is 72.8 Å². The summed E-state index contributed by atoms with van der Waals surface area (Å²) in [7, 11) is 0. The molecule has 0 radical (unpaired) electrons. The number of benzene rings is 3. The Balaban J connectivity index is 0.000000175. The SMILES string of the molecule is Cc1cc(C)nc(C2C=CCc3c2ccc2c3CCc3ccccc3-2)n1.NCc1ccc(-c2cccnn2)cc1. The van der Waals surface area contributed by atoms with Crippen LogP contribution in [0.25, 0.3) is 22.4 Å². The summed E-state index contributed by atoms with van der Waals surface area (Å²) in [4.78, 5) is 9.48. The Hall–Kier alpha value is -4.48. The molecule has 5 nitrogen and oxygen atoms in total. The molecule has 0 spiro atoms. The summed E-state index contributed by atoms with van der Waals surface area (Å²) in [6, 6.07) is 27.3. The maximum atomic E-state index is 5.51. The molecule has 0 saturated carbocycles. The zero-order valence-electron chi connectivity index (χ0n) is 23.0. The van der Waals surface area contributed by atoms with Crippen molar-refractivity contribution in [3.8, 4) is 22.4 Å². The fraction of sp³-hybridized carbons (Fsp3) is 0.200. The molecule has 7 rings (SSSR count). The third kappa shape index (κ3) is 5.21. The first-order chi connectivity index (χ1) is 19.6. The standard InChI is InChI=1S/C24H22N2.C11H11N3/c1-15-14-16(2)26-24(25-15)23-9-5-8-19-21-11-10-17-6-3-4-7-18(17)20(21)12-13-22(19)23;12-8-9-3-5-10(6-4-9)11-2-1-7-13-14-11/h3-7,9,12-14,23H,8,10-11H2,1-2H3;1-7H,8,12H2. The molecule has 0 saturated heterocycles. The number of fused-ring (bicyclic) bond motifs is 5. The maximum Gasteiger partial charge on any atom is 0.140 e. The zero-order valence-corrected chi connectivity index (χ0v) is 23.0. The highest BCUT2D eigenvalue weighted by Crippen LogP contribution is 2.41. The minimum absolute atomic E-state index is 0.167. The molecule has 40 heavy (non-hydrogen) atoms. The summed E-state index contributed by atoms with van der Waals surface area (Å²) in [5.74, 6) is 1.09. The third-order valence-corrected chi connectivity index (χ3v) is 7.74. The van der Waals surface area contributed by atoms with Gasteiger partial charge in [-0.3, -0.25) is 0 Å². The Morgan fingerprint density at radius 1 is 0.800 bits per heavy atom. The molecule has 1 atom stereocenters. The molecule has 2 heterocycles. The van der Waals surface area contributed by atoms with Gasteiger partial charge >= 0.3 is 0 Å². The van der Waals surface area contributed by atoms with Crippen LogP contribution in [0.2, 0.25) is 0 Å². The number of aromatic nitrogens is 4. The van der Waals surface area contributed by atoms with Gasteiger partial charge in [-0.2, -0.15) is 10.2 Å². The summed E-state index contributed by atoms with van der Waals surface area (Å²) < 4.78 is 0. The van der Waals surface area contributed by atoms with Crippen LogP contribution in [0.4, 0.5) is 0 Å². The molecule has 2 aromatic heterocycles. The zero-order chi connectivity index (χ0) is 27.5. The Bertz CT molecular complexity index is 1650. The van der Waals surface area contributed by atoms with Crippen LogP contribution >= 0.6 is 0 Å². The predicted molar refractivity (Wildman–Crippen MR) is 161 cm³/mol. The lowest BCUT2D eigenvalue weighted by atomic mass is 9.77. The lowest BCUT2D eigenvalue weighted by Gasteiger charge is -2.28. The average molecular weight is 524 g/mol. The van der Waals surface area contributed by atoms with Crippen LogP contribution in [0.1, 0.15) is 50.9 Å².